The van der Waals surface area contributed by atoms with E-state index in [2.05, 4.69) is 5.32 Å². The third-order valence-corrected chi connectivity index (χ3v) is 4.95. The van der Waals surface area contributed by atoms with Crippen molar-refractivity contribution >= 4 is 16.9 Å². The van der Waals surface area contributed by atoms with E-state index in [0.29, 0.717) is 33.6 Å². The maximum atomic E-state index is 12.6. The molecule has 1 N–H and O–H groups in total. The molecule has 29 heavy (non-hydrogen) atoms. The van der Waals surface area contributed by atoms with E-state index in [-0.39, 0.29) is 18.4 Å². The highest BCUT2D eigenvalue weighted by atomic mass is 16.5. The predicted molar refractivity (Wildman–Crippen MR) is 109 cm³/mol. The lowest BCUT2D eigenvalue weighted by Gasteiger charge is -2.15. The first-order valence-electron chi connectivity index (χ1n) is 9.43. The van der Waals surface area contributed by atoms with Crippen molar-refractivity contribution in [2.45, 2.75) is 39.2 Å². The Kier molecular flexibility index (Phi) is 6.26. The molecular weight excluding hydrogens is 374 g/mol. The molecule has 0 unspecified atom stereocenters. The van der Waals surface area contributed by atoms with Crippen molar-refractivity contribution in [2.75, 3.05) is 14.2 Å². The summed E-state index contributed by atoms with van der Waals surface area (Å²) in [6.45, 7) is 3.72. The summed E-state index contributed by atoms with van der Waals surface area (Å²) in [5.41, 5.74) is 0.779. The molecule has 1 amide bonds. The van der Waals surface area contributed by atoms with Gasteiger partial charge >= 0.3 is 5.63 Å². The lowest BCUT2D eigenvalue weighted by molar-refractivity contribution is -0.121. The number of furan rings is 1. The molecule has 0 bridgehead atoms. The van der Waals surface area contributed by atoms with Crippen LogP contribution >= 0.6 is 0 Å². The lowest BCUT2D eigenvalue weighted by atomic mass is 10.0. The van der Waals surface area contributed by atoms with Crippen LogP contribution in [0.25, 0.3) is 11.0 Å². The molecule has 154 valence electrons. The van der Waals surface area contributed by atoms with Gasteiger partial charge in [-0.15, -0.1) is 0 Å². The van der Waals surface area contributed by atoms with E-state index in [1.165, 1.54) is 14.2 Å². The van der Waals surface area contributed by atoms with E-state index in [1.807, 2.05) is 19.1 Å². The Balaban J connectivity index is 1.77. The van der Waals surface area contributed by atoms with E-state index in [0.717, 1.165) is 18.6 Å². The molecule has 0 aliphatic carbocycles. The molecule has 2 heterocycles. The van der Waals surface area contributed by atoms with Crippen molar-refractivity contribution in [2.24, 2.45) is 0 Å². The molecule has 0 saturated heterocycles. The van der Waals surface area contributed by atoms with Crippen molar-refractivity contribution in [3.05, 3.63) is 57.8 Å². The molecule has 3 aromatic rings. The number of amides is 1. The van der Waals surface area contributed by atoms with Crippen LogP contribution in [0.4, 0.5) is 0 Å². The van der Waals surface area contributed by atoms with Crippen molar-refractivity contribution in [3.8, 4) is 11.5 Å². The number of hydrogen-bond acceptors (Lipinski definition) is 6. The van der Waals surface area contributed by atoms with E-state index in [4.69, 9.17) is 18.3 Å². The Morgan fingerprint density at radius 1 is 1.21 bits per heavy atom. The summed E-state index contributed by atoms with van der Waals surface area (Å²) < 4.78 is 21.4. The second kappa shape index (κ2) is 8.86. The van der Waals surface area contributed by atoms with Crippen LogP contribution in [-0.4, -0.2) is 26.2 Å². The number of carbonyl (C=O) groups is 1. The lowest BCUT2D eigenvalue weighted by Crippen LogP contribution is -2.35. The van der Waals surface area contributed by atoms with Gasteiger partial charge in [0.2, 0.25) is 11.7 Å². The molecule has 3 rings (SSSR count). The second-order valence-electron chi connectivity index (χ2n) is 6.93. The summed E-state index contributed by atoms with van der Waals surface area (Å²) in [5, 5.41) is 3.63. The zero-order valence-electron chi connectivity index (χ0n) is 17.0. The highest BCUT2D eigenvalue weighted by Gasteiger charge is 2.20. The van der Waals surface area contributed by atoms with Crippen LogP contribution < -0.4 is 20.4 Å². The largest absolute Gasteiger partial charge is 0.493 e. The van der Waals surface area contributed by atoms with Gasteiger partial charge in [0.15, 0.2) is 11.3 Å². The Labute approximate surface area is 168 Å². The Morgan fingerprint density at radius 3 is 2.66 bits per heavy atom. The normalized spacial score (nSPS) is 12.0. The first-order valence-corrected chi connectivity index (χ1v) is 9.43. The molecule has 1 aromatic carbocycles. The third-order valence-electron chi connectivity index (χ3n) is 4.95. The minimum absolute atomic E-state index is 0.0511. The van der Waals surface area contributed by atoms with Gasteiger partial charge in [0.25, 0.3) is 0 Å². The molecule has 0 saturated carbocycles. The van der Waals surface area contributed by atoms with Crippen LogP contribution in [0, 0.1) is 6.92 Å². The molecule has 0 fully saturated rings. The van der Waals surface area contributed by atoms with Gasteiger partial charge < -0.3 is 23.6 Å². The SMILES string of the molecule is COc1ccc2c(C)c(CC(=O)N[C@@H](C)CCc3ccco3)c(=O)oc2c1OC. The number of rotatable bonds is 8. The average molecular weight is 399 g/mol. The minimum Gasteiger partial charge on any atom is -0.493 e. The van der Waals surface area contributed by atoms with Crippen LogP contribution in [0.2, 0.25) is 0 Å². The van der Waals surface area contributed by atoms with Crippen LogP contribution in [0.5, 0.6) is 11.5 Å². The smallest absolute Gasteiger partial charge is 0.340 e. The first kappa shape index (κ1) is 20.5. The number of nitrogens with one attached hydrogen (secondary N) is 1. The van der Waals surface area contributed by atoms with Crippen LogP contribution in [0.3, 0.4) is 0 Å². The van der Waals surface area contributed by atoms with Gasteiger partial charge in [0, 0.05) is 17.8 Å². The zero-order chi connectivity index (χ0) is 21.0. The monoisotopic (exact) mass is 399 g/mol. The number of benzene rings is 1. The molecule has 1 atom stereocenters. The van der Waals surface area contributed by atoms with Gasteiger partial charge in [-0.3, -0.25) is 4.79 Å². The number of carbonyl (C=O) groups excluding carboxylic acids is 1. The highest BCUT2D eigenvalue weighted by molar-refractivity contribution is 5.89. The molecule has 7 nitrogen and oxygen atoms in total. The zero-order valence-corrected chi connectivity index (χ0v) is 17.0. The summed E-state index contributed by atoms with van der Waals surface area (Å²) in [4.78, 5) is 25.1. The van der Waals surface area contributed by atoms with Crippen LogP contribution in [-0.2, 0) is 17.6 Å². The molecule has 0 spiro atoms. The Hall–Kier alpha value is -3.22. The van der Waals surface area contributed by atoms with Gasteiger partial charge in [-0.1, -0.05) is 0 Å². The predicted octanol–water partition coefficient (Wildman–Crippen LogP) is 3.39. The molecule has 2 aromatic heterocycles. The maximum absolute atomic E-state index is 12.6. The van der Waals surface area contributed by atoms with E-state index in [1.54, 1.807) is 25.3 Å². The summed E-state index contributed by atoms with van der Waals surface area (Å²) >= 11 is 0. The summed E-state index contributed by atoms with van der Waals surface area (Å²) in [6, 6.07) is 7.23. The standard InChI is InChI=1S/C22H25NO6/c1-13(7-8-15-6-5-11-28-15)23-19(24)12-17-14(2)16-9-10-18(26-3)21(27-4)20(16)29-22(17)25/h5-6,9-11,13H,7-8,12H2,1-4H3,(H,23,24)/t13-/m0/s1. The fourth-order valence-corrected chi connectivity index (χ4v) is 3.34. The first-order chi connectivity index (χ1) is 13.9. The topological polar surface area (TPSA) is 90.9 Å². The van der Waals surface area contributed by atoms with Crippen LogP contribution in [0.1, 0.15) is 30.2 Å². The van der Waals surface area contributed by atoms with Crippen molar-refractivity contribution < 1.29 is 23.1 Å². The number of fused-ring (bicyclic) bond motifs is 1. The van der Waals surface area contributed by atoms with Crippen molar-refractivity contribution in [3.63, 3.8) is 0 Å². The number of ether oxygens (including phenoxy) is 2. The Morgan fingerprint density at radius 2 is 2.00 bits per heavy atom. The number of aryl methyl sites for hydroxylation is 2. The van der Waals surface area contributed by atoms with Crippen molar-refractivity contribution in [1.29, 1.82) is 0 Å². The molecule has 0 radical (unpaired) electrons. The van der Waals surface area contributed by atoms with Gasteiger partial charge in [-0.2, -0.15) is 0 Å². The van der Waals surface area contributed by atoms with E-state index >= 15 is 0 Å². The molecule has 7 heteroatoms. The minimum atomic E-state index is -0.556. The maximum Gasteiger partial charge on any atom is 0.340 e. The second-order valence-corrected chi connectivity index (χ2v) is 6.93. The average Bonchev–Trinajstić information content (AvgIpc) is 3.22. The summed E-state index contributed by atoms with van der Waals surface area (Å²) in [6.07, 6.45) is 3.04. The third kappa shape index (κ3) is 4.45. The number of hydrogen-bond donors (Lipinski definition) is 1. The fourth-order valence-electron chi connectivity index (χ4n) is 3.34. The summed E-state index contributed by atoms with van der Waals surface area (Å²) in [7, 11) is 3.00. The van der Waals surface area contributed by atoms with Gasteiger partial charge in [-0.25, -0.2) is 4.79 Å². The van der Waals surface area contributed by atoms with E-state index in [9.17, 15) is 9.59 Å². The van der Waals surface area contributed by atoms with Crippen LogP contribution in [0.15, 0.2) is 44.2 Å². The van der Waals surface area contributed by atoms with Crippen molar-refractivity contribution in [1.82, 2.24) is 5.32 Å². The van der Waals surface area contributed by atoms with E-state index < -0.39 is 5.63 Å². The molecule has 0 aliphatic heterocycles. The molecule has 0 aliphatic rings. The Bertz CT molecular complexity index is 1050. The summed E-state index contributed by atoms with van der Waals surface area (Å²) in [5.74, 6) is 1.47. The quantitative estimate of drug-likeness (QED) is 0.584. The highest BCUT2D eigenvalue weighted by Crippen LogP contribution is 2.36. The van der Waals surface area contributed by atoms with Gasteiger partial charge in [0.1, 0.15) is 5.76 Å². The number of methoxy groups -OCH3 is 2. The fraction of sp³-hybridized carbons (Fsp3) is 0.364. The molecular formula is C22H25NO6. The van der Waals surface area contributed by atoms with Gasteiger partial charge in [0.05, 0.1) is 32.5 Å². The van der Waals surface area contributed by atoms with Gasteiger partial charge in [-0.05, 0) is 50.1 Å².